The van der Waals surface area contributed by atoms with Gasteiger partial charge in [-0.2, -0.15) is 5.10 Å². The Bertz CT molecular complexity index is 292. The number of amides is 1. The van der Waals surface area contributed by atoms with Gasteiger partial charge in [-0.3, -0.25) is 9.89 Å². The van der Waals surface area contributed by atoms with Gasteiger partial charge in [0, 0.05) is 0 Å². The molecular formula is C7H13N5O. The lowest BCUT2D eigenvalue weighted by atomic mass is 9.84. The summed E-state index contributed by atoms with van der Waals surface area (Å²) in [5.41, 5.74) is 10.1. The Kier molecular flexibility index (Phi) is 2.33. The van der Waals surface area contributed by atoms with E-state index in [0.29, 0.717) is 5.82 Å². The van der Waals surface area contributed by atoms with Gasteiger partial charge in [-0.25, -0.2) is 4.98 Å². The Hall–Kier alpha value is -1.43. The molecule has 0 fully saturated rings. The average molecular weight is 183 g/mol. The van der Waals surface area contributed by atoms with Crippen LogP contribution in [0.1, 0.15) is 25.7 Å². The fourth-order valence-electron chi connectivity index (χ4n) is 0.860. The van der Waals surface area contributed by atoms with E-state index in [2.05, 4.69) is 15.2 Å². The predicted octanol–water partition coefficient (Wildman–Crippen LogP) is -0.684. The number of primary amides is 1. The fraction of sp³-hybridized carbons (Fsp3) is 0.571. The van der Waals surface area contributed by atoms with Gasteiger partial charge >= 0.3 is 0 Å². The summed E-state index contributed by atoms with van der Waals surface area (Å²) in [6, 6.07) is -0.563. The zero-order chi connectivity index (χ0) is 10.1. The highest BCUT2D eigenvalue weighted by Gasteiger charge is 2.35. The third-order valence-corrected chi connectivity index (χ3v) is 2.14. The molecule has 13 heavy (non-hydrogen) atoms. The smallest absolute Gasteiger partial charge is 0.225 e. The van der Waals surface area contributed by atoms with Crippen LogP contribution in [0.4, 0.5) is 0 Å². The number of nitrogens with zero attached hydrogens (tertiary/aromatic N) is 2. The lowest BCUT2D eigenvalue weighted by molar-refractivity contribution is -0.127. The average Bonchev–Trinajstić information content (AvgIpc) is 2.54. The number of aromatic nitrogens is 3. The molecule has 1 aromatic rings. The van der Waals surface area contributed by atoms with Crippen LogP contribution in [0, 0.1) is 5.41 Å². The Balaban J connectivity index is 2.90. The molecule has 0 aromatic carbocycles. The maximum absolute atomic E-state index is 11.0. The molecule has 0 aliphatic carbocycles. The van der Waals surface area contributed by atoms with E-state index in [1.165, 1.54) is 6.33 Å². The molecule has 1 atom stereocenters. The summed E-state index contributed by atoms with van der Waals surface area (Å²) >= 11 is 0. The van der Waals surface area contributed by atoms with Gasteiger partial charge < -0.3 is 11.5 Å². The van der Waals surface area contributed by atoms with Crippen molar-refractivity contribution in [2.75, 3.05) is 0 Å². The van der Waals surface area contributed by atoms with Crippen molar-refractivity contribution in [1.29, 1.82) is 0 Å². The largest absolute Gasteiger partial charge is 0.369 e. The second-order valence-electron chi connectivity index (χ2n) is 3.43. The molecule has 0 bridgehead atoms. The van der Waals surface area contributed by atoms with Gasteiger partial charge in [0.25, 0.3) is 0 Å². The number of rotatable bonds is 3. The van der Waals surface area contributed by atoms with E-state index in [4.69, 9.17) is 11.5 Å². The summed E-state index contributed by atoms with van der Waals surface area (Å²) in [5, 5.41) is 6.25. The topological polar surface area (TPSA) is 111 Å². The maximum atomic E-state index is 11.0. The van der Waals surface area contributed by atoms with Crippen LogP contribution in [0.15, 0.2) is 6.33 Å². The molecule has 1 heterocycles. The number of H-pyrrole nitrogens is 1. The molecule has 1 rings (SSSR count). The molecule has 0 radical (unpaired) electrons. The van der Waals surface area contributed by atoms with Crippen LogP contribution in [0.3, 0.4) is 0 Å². The van der Waals surface area contributed by atoms with E-state index in [-0.39, 0.29) is 0 Å². The highest BCUT2D eigenvalue weighted by atomic mass is 16.1. The van der Waals surface area contributed by atoms with Crippen LogP contribution in [-0.4, -0.2) is 21.1 Å². The summed E-state index contributed by atoms with van der Waals surface area (Å²) in [6.07, 6.45) is 1.34. The molecule has 0 aliphatic rings. The number of aromatic amines is 1. The molecule has 6 nitrogen and oxygen atoms in total. The summed E-state index contributed by atoms with van der Waals surface area (Å²) in [6.45, 7) is 3.34. The van der Waals surface area contributed by atoms with Crippen LogP contribution in [-0.2, 0) is 4.79 Å². The quantitative estimate of drug-likeness (QED) is 0.576. The van der Waals surface area contributed by atoms with Crippen LogP contribution in [0.25, 0.3) is 0 Å². The van der Waals surface area contributed by atoms with Crippen LogP contribution >= 0.6 is 0 Å². The van der Waals surface area contributed by atoms with Crippen molar-refractivity contribution in [3.63, 3.8) is 0 Å². The lowest BCUT2D eigenvalue weighted by Gasteiger charge is -2.25. The molecule has 0 aliphatic heterocycles. The Labute approximate surface area is 75.7 Å². The minimum atomic E-state index is -0.834. The van der Waals surface area contributed by atoms with Gasteiger partial charge in [0.1, 0.15) is 12.2 Å². The van der Waals surface area contributed by atoms with Gasteiger partial charge in [0.15, 0.2) is 0 Å². The SMILES string of the molecule is CC(C)(C(N)=O)C(N)c1ncn[nH]1. The zero-order valence-corrected chi connectivity index (χ0v) is 7.61. The van der Waals surface area contributed by atoms with E-state index in [0.717, 1.165) is 0 Å². The zero-order valence-electron chi connectivity index (χ0n) is 7.61. The van der Waals surface area contributed by atoms with Gasteiger partial charge in [0.2, 0.25) is 5.91 Å². The van der Waals surface area contributed by atoms with E-state index >= 15 is 0 Å². The van der Waals surface area contributed by atoms with Crippen molar-refractivity contribution in [3.8, 4) is 0 Å². The van der Waals surface area contributed by atoms with Crippen LogP contribution in [0.2, 0.25) is 0 Å². The molecular weight excluding hydrogens is 170 g/mol. The van der Waals surface area contributed by atoms with E-state index in [1.54, 1.807) is 13.8 Å². The second kappa shape index (κ2) is 3.14. The first-order valence-corrected chi connectivity index (χ1v) is 3.87. The van der Waals surface area contributed by atoms with Crippen LogP contribution in [0.5, 0.6) is 0 Å². The number of hydrogen-bond donors (Lipinski definition) is 3. The number of nitrogens with one attached hydrogen (secondary N) is 1. The van der Waals surface area contributed by atoms with Crippen LogP contribution < -0.4 is 11.5 Å². The maximum Gasteiger partial charge on any atom is 0.225 e. The first kappa shape index (κ1) is 9.66. The molecule has 0 spiro atoms. The molecule has 1 aromatic heterocycles. The predicted molar refractivity (Wildman–Crippen MR) is 46.3 cm³/mol. The van der Waals surface area contributed by atoms with Gasteiger partial charge in [-0.05, 0) is 13.8 Å². The fourth-order valence-corrected chi connectivity index (χ4v) is 0.860. The molecule has 0 saturated carbocycles. The standard InChI is InChI=1S/C7H13N5O/c1-7(2,6(9)13)4(8)5-10-3-11-12-5/h3-4H,8H2,1-2H3,(H2,9,13)(H,10,11,12). The first-order chi connectivity index (χ1) is 5.96. The number of carbonyl (C=O) groups excluding carboxylic acids is 1. The highest BCUT2D eigenvalue weighted by molar-refractivity contribution is 5.80. The van der Waals surface area contributed by atoms with Crippen molar-refractivity contribution >= 4 is 5.91 Å². The summed E-state index contributed by atoms with van der Waals surface area (Å²) in [7, 11) is 0. The van der Waals surface area contributed by atoms with E-state index in [1.807, 2.05) is 0 Å². The number of nitrogens with two attached hydrogens (primary N) is 2. The summed E-state index contributed by atoms with van der Waals surface area (Å²) in [5.74, 6) is 0.000185. The minimum Gasteiger partial charge on any atom is -0.369 e. The number of carbonyl (C=O) groups is 1. The van der Waals surface area contributed by atoms with Crippen molar-refractivity contribution in [2.24, 2.45) is 16.9 Å². The molecule has 0 saturated heterocycles. The number of hydrogen-bond acceptors (Lipinski definition) is 4. The second-order valence-corrected chi connectivity index (χ2v) is 3.43. The Morgan fingerprint density at radius 1 is 1.69 bits per heavy atom. The van der Waals surface area contributed by atoms with Crippen molar-refractivity contribution in [2.45, 2.75) is 19.9 Å². The van der Waals surface area contributed by atoms with Gasteiger partial charge in [-0.15, -0.1) is 0 Å². The summed E-state index contributed by atoms with van der Waals surface area (Å²) in [4.78, 5) is 14.9. The monoisotopic (exact) mass is 183 g/mol. The molecule has 1 amide bonds. The third kappa shape index (κ3) is 1.67. The normalized spacial score (nSPS) is 14.1. The molecule has 5 N–H and O–H groups in total. The third-order valence-electron chi connectivity index (χ3n) is 2.14. The Morgan fingerprint density at radius 2 is 2.31 bits per heavy atom. The minimum absolute atomic E-state index is 0.462. The van der Waals surface area contributed by atoms with Crippen molar-refractivity contribution < 1.29 is 4.79 Å². The molecule has 72 valence electrons. The molecule has 1 unspecified atom stereocenters. The van der Waals surface area contributed by atoms with Crippen molar-refractivity contribution in [1.82, 2.24) is 15.2 Å². The van der Waals surface area contributed by atoms with Gasteiger partial charge in [0.05, 0.1) is 11.5 Å². The Morgan fingerprint density at radius 3 is 2.69 bits per heavy atom. The molecule has 6 heteroatoms. The highest BCUT2D eigenvalue weighted by Crippen LogP contribution is 2.28. The van der Waals surface area contributed by atoms with E-state index < -0.39 is 17.4 Å². The lowest BCUT2D eigenvalue weighted by Crippen LogP contribution is -2.41. The van der Waals surface area contributed by atoms with Crippen molar-refractivity contribution in [3.05, 3.63) is 12.2 Å². The van der Waals surface area contributed by atoms with E-state index in [9.17, 15) is 4.79 Å². The first-order valence-electron chi connectivity index (χ1n) is 3.87. The van der Waals surface area contributed by atoms with Gasteiger partial charge in [-0.1, -0.05) is 0 Å². The summed E-state index contributed by atoms with van der Waals surface area (Å²) < 4.78 is 0.